The van der Waals surface area contributed by atoms with Gasteiger partial charge in [-0.1, -0.05) is 62.4 Å². The number of carbonyl (C=O) groups is 1. The predicted molar refractivity (Wildman–Crippen MR) is 164 cm³/mol. The van der Waals surface area contributed by atoms with Gasteiger partial charge in [0.1, 0.15) is 5.82 Å². The number of hydrogen-bond acceptors (Lipinski definition) is 4. The Labute approximate surface area is 248 Å². The number of sulfonamides is 1. The molecule has 3 atom stereocenters. The van der Waals surface area contributed by atoms with Crippen LogP contribution in [0.15, 0.2) is 90.1 Å². The highest BCUT2D eigenvalue weighted by Gasteiger charge is 2.63. The molecule has 1 saturated carbocycles. The fourth-order valence-electron chi connectivity index (χ4n) is 6.65. The molecule has 8 heteroatoms. The van der Waals surface area contributed by atoms with Crippen LogP contribution >= 0.6 is 0 Å². The monoisotopic (exact) mass is 582 g/mol. The van der Waals surface area contributed by atoms with Crippen molar-refractivity contribution in [2.45, 2.75) is 63.4 Å². The van der Waals surface area contributed by atoms with Crippen LogP contribution in [-0.2, 0) is 34.8 Å². The number of anilines is 1. The van der Waals surface area contributed by atoms with Crippen LogP contribution in [0.5, 0.6) is 0 Å². The second kappa shape index (κ2) is 10.8. The quantitative estimate of drug-likeness (QED) is 0.274. The number of rotatable bonds is 8. The molecule has 2 aliphatic rings. The van der Waals surface area contributed by atoms with Gasteiger partial charge in [0.05, 0.1) is 17.4 Å². The van der Waals surface area contributed by atoms with E-state index in [0.717, 1.165) is 41.0 Å². The van der Waals surface area contributed by atoms with E-state index < -0.39 is 10.0 Å². The first-order chi connectivity index (χ1) is 20.1. The van der Waals surface area contributed by atoms with E-state index in [9.17, 15) is 13.2 Å². The van der Waals surface area contributed by atoms with Crippen LogP contribution < -0.4 is 9.62 Å². The maximum absolute atomic E-state index is 14.4. The molecule has 4 aromatic rings. The number of fused-ring (bicyclic) bond motifs is 1. The lowest BCUT2D eigenvalue weighted by molar-refractivity contribution is -0.120. The average molecular weight is 583 g/mol. The average Bonchev–Trinajstić information content (AvgIpc) is 3.32. The van der Waals surface area contributed by atoms with Gasteiger partial charge in [-0.25, -0.2) is 18.1 Å². The molecule has 1 amide bonds. The zero-order valence-corrected chi connectivity index (χ0v) is 25.4. The predicted octanol–water partition coefficient (Wildman–Crippen LogP) is 6.06. The normalized spacial score (nSPS) is 21.0. The van der Waals surface area contributed by atoms with E-state index in [4.69, 9.17) is 0 Å². The molecule has 0 radical (unpaired) electrons. The minimum Gasteiger partial charge on any atom is -0.337 e. The van der Waals surface area contributed by atoms with Crippen molar-refractivity contribution >= 4 is 21.6 Å². The molecule has 42 heavy (non-hydrogen) atoms. The molecule has 1 aromatic heterocycles. The Morgan fingerprint density at radius 3 is 2.57 bits per heavy atom. The molecule has 1 N–H and O–H groups in total. The first-order valence-corrected chi connectivity index (χ1v) is 16.1. The fourth-order valence-corrected chi connectivity index (χ4v) is 8.00. The summed E-state index contributed by atoms with van der Waals surface area (Å²) >= 11 is 0. The summed E-state index contributed by atoms with van der Waals surface area (Å²) in [6, 6.07) is 22.9. The molecule has 218 valence electrons. The second-order valence-corrected chi connectivity index (χ2v) is 14.0. The molecule has 6 rings (SSSR count). The van der Waals surface area contributed by atoms with E-state index in [0.29, 0.717) is 13.0 Å². The fraction of sp³-hybridized carbons (Fsp3) is 0.353. The lowest BCUT2D eigenvalue weighted by Crippen LogP contribution is -2.35. The Morgan fingerprint density at radius 1 is 1.07 bits per heavy atom. The van der Waals surface area contributed by atoms with Crippen LogP contribution in [0.25, 0.3) is 0 Å². The smallest absolute Gasteiger partial charge is 0.241 e. The SMILES string of the molecule is Cc1cccc(S(=O)(=O)N[C@@H]2CCCc3ccc(N(Cc4nccn4C)C(=O)[C@@H]4[C@@H](c5ccccc5)C4(C)C)cc32)c1. The number of aromatic nitrogens is 2. The first kappa shape index (κ1) is 28.4. The van der Waals surface area contributed by atoms with E-state index in [1.54, 1.807) is 24.4 Å². The van der Waals surface area contributed by atoms with Crippen molar-refractivity contribution in [3.8, 4) is 0 Å². The Kier molecular flexibility index (Phi) is 7.31. The van der Waals surface area contributed by atoms with Crippen molar-refractivity contribution in [2.75, 3.05) is 4.90 Å². The Bertz CT molecular complexity index is 1730. The third kappa shape index (κ3) is 5.29. The molecule has 0 spiro atoms. The zero-order chi connectivity index (χ0) is 29.6. The van der Waals surface area contributed by atoms with Crippen LogP contribution in [0.4, 0.5) is 5.69 Å². The highest BCUT2D eigenvalue weighted by atomic mass is 32.2. The van der Waals surface area contributed by atoms with Crippen molar-refractivity contribution in [1.82, 2.24) is 14.3 Å². The highest BCUT2D eigenvalue weighted by Crippen LogP contribution is 2.65. The summed E-state index contributed by atoms with van der Waals surface area (Å²) in [7, 11) is -1.79. The Balaban J connectivity index is 1.35. The topological polar surface area (TPSA) is 84.3 Å². The van der Waals surface area contributed by atoms with Crippen LogP contribution in [0.3, 0.4) is 0 Å². The summed E-state index contributed by atoms with van der Waals surface area (Å²) in [6.45, 7) is 6.54. The van der Waals surface area contributed by atoms with Crippen molar-refractivity contribution in [1.29, 1.82) is 0 Å². The number of nitrogens with one attached hydrogen (secondary N) is 1. The first-order valence-electron chi connectivity index (χ1n) is 14.6. The number of nitrogens with zero attached hydrogens (tertiary/aromatic N) is 3. The van der Waals surface area contributed by atoms with Gasteiger partial charge in [-0.15, -0.1) is 0 Å². The second-order valence-electron chi connectivity index (χ2n) is 12.3. The van der Waals surface area contributed by atoms with Gasteiger partial charge in [0.15, 0.2) is 0 Å². The van der Waals surface area contributed by atoms with Crippen molar-refractivity contribution in [3.05, 3.63) is 113 Å². The number of imidazole rings is 1. The zero-order valence-electron chi connectivity index (χ0n) is 24.6. The molecule has 0 bridgehead atoms. The molecule has 0 saturated heterocycles. The molecule has 0 unspecified atom stereocenters. The molecule has 7 nitrogen and oxygen atoms in total. The van der Waals surface area contributed by atoms with E-state index in [1.807, 2.05) is 66.0 Å². The standard InChI is InChI=1S/C34H38N4O3S/c1-23-10-8-14-27(20-23)42(40,41)36-29-15-9-13-24-16-17-26(21-28(24)29)38(22-30-35-18-19-37(30)4)33(39)32-31(34(32,2)3)25-11-6-5-7-12-25/h5-8,10-12,14,16-21,29,31-32,36H,9,13,15,22H2,1-4H3/t29-,31-,32+/m1/s1. The molecule has 3 aromatic carbocycles. The Hall–Kier alpha value is -3.75. The minimum absolute atomic E-state index is 0.0597. The van der Waals surface area contributed by atoms with E-state index in [1.165, 1.54) is 5.56 Å². The largest absolute Gasteiger partial charge is 0.337 e. The summed E-state index contributed by atoms with van der Waals surface area (Å²) in [5.41, 5.74) is 4.69. The molecular formula is C34H38N4O3S. The molecule has 1 fully saturated rings. The van der Waals surface area contributed by atoms with Gasteiger partial charge >= 0.3 is 0 Å². The van der Waals surface area contributed by atoms with Gasteiger partial charge in [-0.3, -0.25) is 4.79 Å². The third-order valence-electron chi connectivity index (χ3n) is 9.09. The minimum atomic E-state index is -3.72. The summed E-state index contributed by atoms with van der Waals surface area (Å²) in [6.07, 6.45) is 6.08. The van der Waals surface area contributed by atoms with Gasteiger partial charge in [0.25, 0.3) is 0 Å². The molecule has 0 aliphatic heterocycles. The van der Waals surface area contributed by atoms with E-state index >= 15 is 0 Å². The van der Waals surface area contributed by atoms with Crippen LogP contribution in [0, 0.1) is 18.3 Å². The van der Waals surface area contributed by atoms with Crippen LogP contribution in [0.1, 0.15) is 66.7 Å². The number of hydrogen-bond donors (Lipinski definition) is 1. The van der Waals surface area contributed by atoms with Crippen molar-refractivity contribution < 1.29 is 13.2 Å². The number of benzene rings is 3. The third-order valence-corrected chi connectivity index (χ3v) is 10.6. The highest BCUT2D eigenvalue weighted by molar-refractivity contribution is 7.89. The number of amides is 1. The summed E-state index contributed by atoms with van der Waals surface area (Å²) in [4.78, 5) is 21.1. The van der Waals surface area contributed by atoms with Gasteiger partial charge in [-0.2, -0.15) is 0 Å². The van der Waals surface area contributed by atoms with Gasteiger partial charge in [0.2, 0.25) is 15.9 Å². The lowest BCUT2D eigenvalue weighted by Gasteiger charge is -2.30. The van der Waals surface area contributed by atoms with Crippen LogP contribution in [0.2, 0.25) is 0 Å². The Morgan fingerprint density at radius 2 is 1.86 bits per heavy atom. The van der Waals surface area contributed by atoms with E-state index in [2.05, 4.69) is 41.8 Å². The molecule has 2 aliphatic carbocycles. The maximum Gasteiger partial charge on any atom is 0.241 e. The van der Waals surface area contributed by atoms with Gasteiger partial charge in [0, 0.05) is 37.1 Å². The van der Waals surface area contributed by atoms with Crippen molar-refractivity contribution in [3.63, 3.8) is 0 Å². The van der Waals surface area contributed by atoms with Gasteiger partial charge < -0.3 is 9.47 Å². The van der Waals surface area contributed by atoms with Gasteiger partial charge in [-0.05, 0) is 78.1 Å². The lowest BCUT2D eigenvalue weighted by atomic mass is 9.87. The van der Waals surface area contributed by atoms with E-state index in [-0.39, 0.29) is 34.1 Å². The summed E-state index contributed by atoms with van der Waals surface area (Å²) in [5.74, 6) is 0.797. The van der Waals surface area contributed by atoms with Crippen LogP contribution in [-0.4, -0.2) is 23.9 Å². The molecular weight excluding hydrogens is 544 g/mol. The summed E-state index contributed by atoms with van der Waals surface area (Å²) in [5, 5.41) is 0. The molecule has 1 heterocycles. The number of carbonyl (C=O) groups excluding carboxylic acids is 1. The summed E-state index contributed by atoms with van der Waals surface area (Å²) < 4.78 is 31.7. The van der Waals surface area contributed by atoms with Crippen molar-refractivity contribution in [2.24, 2.45) is 18.4 Å². The number of aryl methyl sites for hydroxylation is 3. The maximum atomic E-state index is 14.4.